The second-order valence-corrected chi connectivity index (χ2v) is 6.79. The van der Waals surface area contributed by atoms with E-state index in [0.29, 0.717) is 13.0 Å². The van der Waals surface area contributed by atoms with Crippen LogP contribution >= 0.6 is 11.6 Å². The van der Waals surface area contributed by atoms with Crippen LogP contribution in [0.15, 0.2) is 36.7 Å². The standard InChI is InChI=1S/C17H22ClN3O/c1-17(2,3)16(22)20-9-8-15-19-10-11-21(15)12-13-4-6-14(18)7-5-13/h4-7,10-11H,8-9,12H2,1-3H3,(H,20,22). The van der Waals surface area contributed by atoms with Gasteiger partial charge in [0.05, 0.1) is 0 Å². The largest absolute Gasteiger partial charge is 0.355 e. The van der Waals surface area contributed by atoms with Gasteiger partial charge in [-0.05, 0) is 17.7 Å². The number of hydrogen-bond donors (Lipinski definition) is 1. The first-order chi connectivity index (χ1) is 10.4. The lowest BCUT2D eigenvalue weighted by Gasteiger charge is -2.17. The van der Waals surface area contributed by atoms with Crippen molar-refractivity contribution in [1.29, 1.82) is 0 Å². The van der Waals surface area contributed by atoms with Gasteiger partial charge >= 0.3 is 0 Å². The van der Waals surface area contributed by atoms with Crippen molar-refractivity contribution in [2.75, 3.05) is 6.54 Å². The van der Waals surface area contributed by atoms with Crippen LogP contribution in [0.25, 0.3) is 0 Å². The normalized spacial score (nSPS) is 11.5. The third kappa shape index (κ3) is 4.60. The van der Waals surface area contributed by atoms with E-state index in [1.807, 2.05) is 51.2 Å². The van der Waals surface area contributed by atoms with Crippen LogP contribution in [0.3, 0.4) is 0 Å². The van der Waals surface area contributed by atoms with Gasteiger partial charge in [0.2, 0.25) is 5.91 Å². The summed E-state index contributed by atoms with van der Waals surface area (Å²) in [5, 5.41) is 3.69. The number of halogens is 1. The lowest BCUT2D eigenvalue weighted by atomic mass is 9.96. The van der Waals surface area contributed by atoms with Gasteiger partial charge in [0, 0.05) is 42.3 Å². The first-order valence-electron chi connectivity index (χ1n) is 7.39. The zero-order chi connectivity index (χ0) is 16.2. The highest BCUT2D eigenvalue weighted by molar-refractivity contribution is 6.30. The molecule has 0 saturated carbocycles. The molecule has 22 heavy (non-hydrogen) atoms. The van der Waals surface area contributed by atoms with Crippen LogP contribution < -0.4 is 5.32 Å². The Kier molecular flexibility index (Phi) is 5.24. The topological polar surface area (TPSA) is 46.9 Å². The first-order valence-corrected chi connectivity index (χ1v) is 7.77. The van der Waals surface area contributed by atoms with Crippen LogP contribution in [0.1, 0.15) is 32.2 Å². The van der Waals surface area contributed by atoms with Crippen molar-refractivity contribution in [3.05, 3.63) is 53.1 Å². The summed E-state index contributed by atoms with van der Waals surface area (Å²) in [6.07, 6.45) is 4.45. The molecule has 118 valence electrons. The molecule has 1 aromatic heterocycles. The first kappa shape index (κ1) is 16.6. The zero-order valence-corrected chi connectivity index (χ0v) is 14.0. The third-order valence-corrected chi connectivity index (χ3v) is 3.64. The SMILES string of the molecule is CC(C)(C)C(=O)NCCc1nccn1Cc1ccc(Cl)cc1. The predicted octanol–water partition coefficient (Wildman–Crippen LogP) is 3.29. The van der Waals surface area contributed by atoms with Gasteiger partial charge in [-0.2, -0.15) is 0 Å². The van der Waals surface area contributed by atoms with Crippen LogP contribution in [-0.2, 0) is 17.8 Å². The van der Waals surface area contributed by atoms with Crippen molar-refractivity contribution in [3.8, 4) is 0 Å². The molecule has 0 fully saturated rings. The summed E-state index contributed by atoms with van der Waals surface area (Å²) in [5.74, 6) is 1.02. The number of aromatic nitrogens is 2. The zero-order valence-electron chi connectivity index (χ0n) is 13.3. The third-order valence-electron chi connectivity index (χ3n) is 3.38. The monoisotopic (exact) mass is 319 g/mol. The van der Waals surface area contributed by atoms with Crippen LogP contribution in [0.4, 0.5) is 0 Å². The van der Waals surface area contributed by atoms with E-state index < -0.39 is 0 Å². The minimum absolute atomic E-state index is 0.0586. The molecule has 0 aliphatic carbocycles. The average molecular weight is 320 g/mol. The lowest BCUT2D eigenvalue weighted by molar-refractivity contribution is -0.128. The van der Waals surface area contributed by atoms with Gasteiger partial charge in [-0.3, -0.25) is 4.79 Å². The molecule has 0 saturated heterocycles. The number of nitrogens with zero attached hydrogens (tertiary/aromatic N) is 2. The summed E-state index contributed by atoms with van der Waals surface area (Å²) >= 11 is 5.90. The van der Waals surface area contributed by atoms with E-state index in [2.05, 4.69) is 14.9 Å². The van der Waals surface area contributed by atoms with E-state index in [1.54, 1.807) is 6.20 Å². The Hall–Kier alpha value is -1.81. The summed E-state index contributed by atoms with van der Waals surface area (Å²) in [5.41, 5.74) is 0.806. The summed E-state index contributed by atoms with van der Waals surface area (Å²) in [4.78, 5) is 16.2. The second kappa shape index (κ2) is 6.97. The van der Waals surface area contributed by atoms with Crippen LogP contribution in [0, 0.1) is 5.41 Å². The molecular formula is C17H22ClN3O. The Labute approximate surface area is 136 Å². The van der Waals surface area contributed by atoms with Gasteiger partial charge in [0.1, 0.15) is 5.82 Å². The van der Waals surface area contributed by atoms with Gasteiger partial charge in [-0.1, -0.05) is 44.5 Å². The number of carbonyl (C=O) groups excluding carboxylic acids is 1. The van der Waals surface area contributed by atoms with Crippen molar-refractivity contribution < 1.29 is 4.79 Å². The van der Waals surface area contributed by atoms with Crippen LogP contribution in [0.5, 0.6) is 0 Å². The van der Waals surface area contributed by atoms with Gasteiger partial charge in [0.25, 0.3) is 0 Å². The number of hydrogen-bond acceptors (Lipinski definition) is 2. The van der Waals surface area contributed by atoms with E-state index in [-0.39, 0.29) is 11.3 Å². The molecule has 1 N–H and O–H groups in total. The molecule has 0 radical (unpaired) electrons. The summed E-state index contributed by atoms with van der Waals surface area (Å²) < 4.78 is 2.09. The highest BCUT2D eigenvalue weighted by Gasteiger charge is 2.20. The maximum atomic E-state index is 11.9. The lowest BCUT2D eigenvalue weighted by Crippen LogP contribution is -2.36. The molecule has 0 aliphatic rings. The molecule has 5 heteroatoms. The number of benzene rings is 1. The van der Waals surface area contributed by atoms with Gasteiger partial charge < -0.3 is 9.88 Å². The molecule has 0 bridgehead atoms. The highest BCUT2D eigenvalue weighted by atomic mass is 35.5. The van der Waals surface area contributed by atoms with Crippen molar-refractivity contribution in [3.63, 3.8) is 0 Å². The number of nitrogens with one attached hydrogen (secondary N) is 1. The summed E-state index contributed by atoms with van der Waals surface area (Å²) in [6.45, 7) is 7.06. The summed E-state index contributed by atoms with van der Waals surface area (Å²) in [6, 6.07) is 7.79. The van der Waals surface area contributed by atoms with Gasteiger partial charge in [-0.25, -0.2) is 4.98 Å². The number of rotatable bonds is 5. The molecule has 0 aliphatic heterocycles. The van der Waals surface area contributed by atoms with E-state index in [9.17, 15) is 4.79 Å². The average Bonchev–Trinajstić information content (AvgIpc) is 2.87. The van der Waals surface area contributed by atoms with Gasteiger partial charge in [-0.15, -0.1) is 0 Å². The second-order valence-electron chi connectivity index (χ2n) is 6.35. The molecule has 1 amide bonds. The van der Waals surface area contributed by atoms with E-state index in [4.69, 9.17) is 11.6 Å². The molecule has 2 rings (SSSR count). The molecule has 0 atom stereocenters. The fraction of sp³-hybridized carbons (Fsp3) is 0.412. The summed E-state index contributed by atoms with van der Waals surface area (Å²) in [7, 11) is 0. The van der Waals surface area contributed by atoms with E-state index in [0.717, 1.165) is 17.4 Å². The molecule has 0 unspecified atom stereocenters. The maximum Gasteiger partial charge on any atom is 0.225 e. The van der Waals surface area contributed by atoms with Crippen molar-refractivity contribution in [2.24, 2.45) is 5.41 Å². The molecule has 0 spiro atoms. The van der Waals surface area contributed by atoms with Crippen molar-refractivity contribution >= 4 is 17.5 Å². The van der Waals surface area contributed by atoms with Crippen LogP contribution in [-0.4, -0.2) is 22.0 Å². The highest BCUT2D eigenvalue weighted by Crippen LogP contribution is 2.13. The smallest absolute Gasteiger partial charge is 0.225 e. The van der Waals surface area contributed by atoms with Crippen molar-refractivity contribution in [2.45, 2.75) is 33.7 Å². The Bertz CT molecular complexity index is 626. The minimum Gasteiger partial charge on any atom is -0.355 e. The fourth-order valence-electron chi connectivity index (χ4n) is 2.05. The molecule has 2 aromatic rings. The Morgan fingerprint density at radius 2 is 1.95 bits per heavy atom. The molecular weight excluding hydrogens is 298 g/mol. The Morgan fingerprint density at radius 3 is 2.59 bits per heavy atom. The minimum atomic E-state index is -0.362. The van der Waals surface area contributed by atoms with Crippen molar-refractivity contribution in [1.82, 2.24) is 14.9 Å². The molecule has 4 nitrogen and oxygen atoms in total. The van der Waals surface area contributed by atoms with E-state index in [1.165, 1.54) is 5.56 Å². The number of amides is 1. The Morgan fingerprint density at radius 1 is 1.27 bits per heavy atom. The fourth-order valence-corrected chi connectivity index (χ4v) is 2.18. The predicted molar refractivity (Wildman–Crippen MR) is 88.9 cm³/mol. The number of carbonyl (C=O) groups is 1. The maximum absolute atomic E-state index is 11.9. The van der Waals surface area contributed by atoms with E-state index >= 15 is 0 Å². The quantitative estimate of drug-likeness (QED) is 0.919. The molecule has 1 aromatic carbocycles. The van der Waals surface area contributed by atoms with Crippen LogP contribution in [0.2, 0.25) is 5.02 Å². The molecule has 1 heterocycles. The van der Waals surface area contributed by atoms with Gasteiger partial charge in [0.15, 0.2) is 0 Å². The Balaban J connectivity index is 1.92. The number of imidazole rings is 1.